The fraction of sp³-hybridized carbons (Fsp3) is 0.391. The molecule has 0 aliphatic heterocycles. The lowest BCUT2D eigenvalue weighted by atomic mass is 10.1. The highest BCUT2D eigenvalue weighted by Crippen LogP contribution is 2.24. The fourth-order valence-corrected chi connectivity index (χ4v) is 4.12. The number of carbonyl (C=O) groups excluding carboxylic acids is 2. The Morgan fingerprint density at radius 2 is 1.83 bits per heavy atom. The predicted molar refractivity (Wildman–Crippen MR) is 132 cm³/mol. The topological polar surface area (TPSA) is 139 Å². The van der Waals surface area contributed by atoms with E-state index in [1.54, 1.807) is 31.2 Å². The van der Waals surface area contributed by atoms with Crippen molar-refractivity contribution in [2.45, 2.75) is 32.9 Å². The average molecular weight is 507 g/mol. The van der Waals surface area contributed by atoms with Crippen molar-refractivity contribution in [2.24, 2.45) is 0 Å². The van der Waals surface area contributed by atoms with Gasteiger partial charge in [-0.2, -0.15) is 0 Å². The van der Waals surface area contributed by atoms with E-state index >= 15 is 0 Å². The van der Waals surface area contributed by atoms with Gasteiger partial charge in [-0.25, -0.2) is 8.42 Å². The molecule has 1 atom stereocenters. The van der Waals surface area contributed by atoms with Crippen LogP contribution in [0.1, 0.15) is 25.8 Å². The van der Waals surface area contributed by atoms with Gasteiger partial charge in [0, 0.05) is 25.2 Å². The van der Waals surface area contributed by atoms with Crippen LogP contribution in [0.15, 0.2) is 48.5 Å². The van der Waals surface area contributed by atoms with Crippen molar-refractivity contribution >= 4 is 33.2 Å². The molecule has 0 heterocycles. The first-order valence-electron chi connectivity index (χ1n) is 10.9. The van der Waals surface area contributed by atoms with Crippen LogP contribution in [-0.2, 0) is 26.2 Å². The molecule has 0 aliphatic carbocycles. The second-order valence-electron chi connectivity index (χ2n) is 7.88. The summed E-state index contributed by atoms with van der Waals surface area (Å²) in [5.74, 6) is -0.402. The molecule has 0 saturated heterocycles. The molecule has 0 unspecified atom stereocenters. The molecule has 0 aromatic heterocycles. The van der Waals surface area contributed by atoms with E-state index in [-0.39, 0.29) is 23.8 Å². The summed E-state index contributed by atoms with van der Waals surface area (Å²) in [6.45, 7) is 3.29. The lowest BCUT2D eigenvalue weighted by Crippen LogP contribution is -2.51. The van der Waals surface area contributed by atoms with E-state index in [1.807, 2.05) is 6.92 Å². The van der Waals surface area contributed by atoms with Gasteiger partial charge >= 0.3 is 0 Å². The molecule has 190 valence electrons. The summed E-state index contributed by atoms with van der Waals surface area (Å²) in [4.78, 5) is 37.9. The number of benzene rings is 2. The van der Waals surface area contributed by atoms with Crippen LogP contribution in [0.4, 0.5) is 11.4 Å². The summed E-state index contributed by atoms with van der Waals surface area (Å²) >= 11 is 0. The third-order valence-electron chi connectivity index (χ3n) is 5.24. The summed E-state index contributed by atoms with van der Waals surface area (Å²) in [6.07, 6.45) is 1.61. The average Bonchev–Trinajstić information content (AvgIpc) is 2.83. The molecule has 12 heteroatoms. The van der Waals surface area contributed by atoms with Crippen molar-refractivity contribution in [3.05, 3.63) is 64.2 Å². The van der Waals surface area contributed by atoms with Gasteiger partial charge in [-0.15, -0.1) is 0 Å². The summed E-state index contributed by atoms with van der Waals surface area (Å²) in [7, 11) is -2.46. The second kappa shape index (κ2) is 12.2. The monoisotopic (exact) mass is 506 g/mol. The van der Waals surface area contributed by atoms with Gasteiger partial charge in [-0.3, -0.25) is 24.0 Å². The van der Waals surface area contributed by atoms with E-state index in [0.717, 1.165) is 16.6 Å². The number of nitro groups is 1. The zero-order chi connectivity index (χ0) is 26.2. The molecule has 2 aromatic carbocycles. The van der Waals surface area contributed by atoms with E-state index < -0.39 is 33.4 Å². The second-order valence-corrected chi connectivity index (χ2v) is 9.79. The number of amides is 2. The number of non-ortho nitro benzene ring substituents is 1. The first-order valence-corrected chi connectivity index (χ1v) is 12.7. The smallest absolute Gasteiger partial charge is 0.271 e. The van der Waals surface area contributed by atoms with Gasteiger partial charge in [0.25, 0.3) is 5.69 Å². The van der Waals surface area contributed by atoms with Crippen LogP contribution in [0.3, 0.4) is 0 Å². The maximum absolute atomic E-state index is 13.4. The van der Waals surface area contributed by atoms with Gasteiger partial charge in [0.2, 0.25) is 21.8 Å². The number of nitro benzene ring substituents is 1. The number of hydrogen-bond acceptors (Lipinski definition) is 7. The number of methoxy groups -OCH3 is 1. The van der Waals surface area contributed by atoms with E-state index in [9.17, 15) is 28.1 Å². The lowest BCUT2D eigenvalue weighted by Gasteiger charge is -2.31. The lowest BCUT2D eigenvalue weighted by molar-refractivity contribution is -0.384. The van der Waals surface area contributed by atoms with E-state index in [2.05, 4.69) is 5.32 Å². The third kappa shape index (κ3) is 7.67. The highest BCUT2D eigenvalue weighted by atomic mass is 32.2. The zero-order valence-electron chi connectivity index (χ0n) is 20.1. The SMILES string of the molecule is CCCNC(=O)[C@@H](C)N(Cc1ccc(OC)cc1)C(=O)CN(c1cccc([N+](=O)[O-])c1)S(C)(=O)=O. The number of ether oxygens (including phenoxy) is 1. The fourth-order valence-electron chi connectivity index (χ4n) is 3.28. The molecule has 35 heavy (non-hydrogen) atoms. The molecule has 2 aromatic rings. The maximum Gasteiger partial charge on any atom is 0.271 e. The van der Waals surface area contributed by atoms with Crippen LogP contribution < -0.4 is 14.4 Å². The van der Waals surface area contributed by atoms with E-state index in [0.29, 0.717) is 24.3 Å². The summed E-state index contributed by atoms with van der Waals surface area (Å²) in [5, 5.41) is 13.9. The number of sulfonamides is 1. The molecule has 0 radical (unpaired) electrons. The Morgan fingerprint density at radius 1 is 1.17 bits per heavy atom. The minimum Gasteiger partial charge on any atom is -0.497 e. The molecule has 0 bridgehead atoms. The Hall–Kier alpha value is -3.67. The number of rotatable bonds is 12. The summed E-state index contributed by atoms with van der Waals surface area (Å²) in [5.41, 5.74) is 0.365. The Morgan fingerprint density at radius 3 is 2.37 bits per heavy atom. The van der Waals surface area contributed by atoms with Gasteiger partial charge in [-0.05, 0) is 37.1 Å². The molecule has 11 nitrogen and oxygen atoms in total. The minimum absolute atomic E-state index is 0.0254. The molecule has 2 rings (SSSR count). The van der Waals surface area contributed by atoms with Crippen LogP contribution in [0.5, 0.6) is 5.75 Å². The standard InChI is InChI=1S/C23H30N4O7S/c1-5-13-24-23(29)17(2)25(15-18-9-11-21(34-3)12-10-18)22(28)16-26(35(4,32)33)19-7-6-8-20(14-19)27(30)31/h6-12,14,17H,5,13,15-16H2,1-4H3,(H,24,29)/t17-/m1/s1. The van der Waals surface area contributed by atoms with Crippen molar-refractivity contribution in [1.82, 2.24) is 10.2 Å². The molecule has 0 aliphatic rings. The molecule has 1 N–H and O–H groups in total. The highest BCUT2D eigenvalue weighted by Gasteiger charge is 2.30. The Balaban J connectivity index is 2.40. The van der Waals surface area contributed by atoms with Gasteiger partial charge in [0.15, 0.2) is 0 Å². The maximum atomic E-state index is 13.4. The molecule has 0 fully saturated rings. The van der Waals surface area contributed by atoms with E-state index in [4.69, 9.17) is 4.74 Å². The van der Waals surface area contributed by atoms with Gasteiger partial charge in [0.1, 0.15) is 18.3 Å². The van der Waals surface area contributed by atoms with Gasteiger partial charge in [0.05, 0.1) is 24.0 Å². The van der Waals surface area contributed by atoms with Gasteiger partial charge in [-0.1, -0.05) is 25.1 Å². The molecular formula is C23H30N4O7S. The van der Waals surface area contributed by atoms with Gasteiger partial charge < -0.3 is 15.0 Å². The Labute approximate surface area is 204 Å². The summed E-state index contributed by atoms with van der Waals surface area (Å²) < 4.78 is 31.0. The largest absolute Gasteiger partial charge is 0.497 e. The van der Waals surface area contributed by atoms with Crippen LogP contribution in [0, 0.1) is 10.1 Å². The van der Waals surface area contributed by atoms with E-state index in [1.165, 1.54) is 30.2 Å². The van der Waals surface area contributed by atoms with Crippen molar-refractivity contribution in [3.8, 4) is 5.75 Å². The number of nitrogens with one attached hydrogen (secondary N) is 1. The Bertz CT molecular complexity index is 1150. The van der Waals surface area contributed by atoms with Crippen LogP contribution in [0.2, 0.25) is 0 Å². The molecule has 2 amide bonds. The zero-order valence-corrected chi connectivity index (χ0v) is 20.9. The number of hydrogen-bond donors (Lipinski definition) is 1. The Kier molecular flexibility index (Phi) is 9.58. The third-order valence-corrected chi connectivity index (χ3v) is 6.38. The number of carbonyl (C=O) groups is 2. The first kappa shape index (κ1) is 27.6. The summed E-state index contributed by atoms with van der Waals surface area (Å²) in [6, 6.07) is 11.0. The van der Waals surface area contributed by atoms with Crippen molar-refractivity contribution in [3.63, 3.8) is 0 Å². The minimum atomic E-state index is -3.98. The highest BCUT2D eigenvalue weighted by molar-refractivity contribution is 7.92. The van der Waals surface area contributed by atoms with Crippen molar-refractivity contribution in [2.75, 3.05) is 30.8 Å². The number of nitrogens with zero attached hydrogens (tertiary/aromatic N) is 3. The first-order chi connectivity index (χ1) is 16.5. The quantitative estimate of drug-likeness (QED) is 0.344. The normalized spacial score (nSPS) is 11.9. The van der Waals surface area contributed by atoms with Crippen molar-refractivity contribution in [1.29, 1.82) is 0 Å². The molecule has 0 saturated carbocycles. The van der Waals surface area contributed by atoms with Crippen LogP contribution in [0.25, 0.3) is 0 Å². The molecule has 0 spiro atoms. The van der Waals surface area contributed by atoms with Crippen LogP contribution >= 0.6 is 0 Å². The predicted octanol–water partition coefficient (Wildman–Crippen LogP) is 2.31. The number of anilines is 1. The van der Waals surface area contributed by atoms with Crippen molar-refractivity contribution < 1.29 is 27.7 Å². The molecular weight excluding hydrogens is 476 g/mol. The van der Waals surface area contributed by atoms with Crippen LogP contribution in [-0.4, -0.2) is 62.6 Å².